The van der Waals surface area contributed by atoms with Crippen LogP contribution >= 0.6 is 11.3 Å². The van der Waals surface area contributed by atoms with Crippen molar-refractivity contribution in [2.45, 2.75) is 6.42 Å². The molecule has 4 nitrogen and oxygen atoms in total. The first-order valence-corrected chi connectivity index (χ1v) is 5.44. The van der Waals surface area contributed by atoms with Crippen LogP contribution in [0.15, 0.2) is 17.6 Å². The minimum atomic E-state index is -0.0513. The van der Waals surface area contributed by atoms with Gasteiger partial charge in [-0.2, -0.15) is 0 Å². The van der Waals surface area contributed by atoms with Crippen LogP contribution in [0.25, 0.3) is 10.2 Å². The van der Waals surface area contributed by atoms with E-state index in [1.54, 1.807) is 18.4 Å². The van der Waals surface area contributed by atoms with Crippen molar-refractivity contribution in [2.75, 3.05) is 14.2 Å². The van der Waals surface area contributed by atoms with Gasteiger partial charge in [0.1, 0.15) is 0 Å². The van der Waals surface area contributed by atoms with Gasteiger partial charge in [-0.3, -0.25) is 9.63 Å². The van der Waals surface area contributed by atoms with E-state index >= 15 is 0 Å². The molecule has 0 atom stereocenters. The topological polar surface area (TPSA) is 45.3 Å². The smallest absolute Gasteiger partial charge is 0.250 e. The number of amides is 1. The molecule has 0 aliphatic heterocycles. The average Bonchev–Trinajstić information content (AvgIpc) is 2.81. The summed E-state index contributed by atoms with van der Waals surface area (Å²) in [5, 5.41) is 4.37. The zero-order valence-corrected chi connectivity index (χ0v) is 9.43. The van der Waals surface area contributed by atoms with Gasteiger partial charge in [-0.15, -0.1) is 11.3 Å². The summed E-state index contributed by atoms with van der Waals surface area (Å²) in [6.07, 6.45) is 2.24. The molecule has 80 valence electrons. The monoisotopic (exact) mass is 224 g/mol. The highest BCUT2D eigenvalue weighted by molar-refractivity contribution is 7.16. The molecule has 2 aromatic heterocycles. The predicted octanol–water partition coefficient (Wildman–Crippen LogP) is 1.79. The van der Waals surface area contributed by atoms with E-state index < -0.39 is 0 Å². The van der Waals surface area contributed by atoms with Crippen LogP contribution in [0.1, 0.15) is 5.56 Å². The lowest BCUT2D eigenvalue weighted by Gasteiger charge is -2.12. The largest absolute Gasteiger partial charge is 0.353 e. The molecule has 0 aliphatic carbocycles. The van der Waals surface area contributed by atoms with E-state index in [1.165, 1.54) is 12.2 Å². The van der Waals surface area contributed by atoms with Crippen LogP contribution in [0.2, 0.25) is 0 Å². The molecule has 0 spiro atoms. The van der Waals surface area contributed by atoms with Gasteiger partial charge in [0.05, 0.1) is 18.4 Å². The summed E-state index contributed by atoms with van der Waals surface area (Å²) in [4.78, 5) is 20.7. The number of aromatic nitrogens is 1. The number of hydrogen-bond donors (Lipinski definition) is 1. The molecule has 0 aliphatic rings. The molecule has 2 heterocycles. The Bertz CT molecular complexity index is 474. The van der Waals surface area contributed by atoms with E-state index in [0.29, 0.717) is 6.42 Å². The fourth-order valence-corrected chi connectivity index (χ4v) is 2.22. The summed E-state index contributed by atoms with van der Waals surface area (Å²) in [7, 11) is 3.09. The third-order valence-corrected chi connectivity index (χ3v) is 3.20. The molecular formula is C10H12N2O2S. The van der Waals surface area contributed by atoms with Crippen LogP contribution in [0.4, 0.5) is 0 Å². The normalized spacial score (nSPS) is 10.8. The Labute approximate surface area is 91.4 Å². The summed E-state index contributed by atoms with van der Waals surface area (Å²) in [5.41, 5.74) is 1.01. The number of aromatic amines is 1. The van der Waals surface area contributed by atoms with Gasteiger partial charge in [0, 0.05) is 18.6 Å². The molecule has 1 N–H and O–H groups in total. The van der Waals surface area contributed by atoms with Crippen LogP contribution in [0, 0.1) is 0 Å². The van der Waals surface area contributed by atoms with Crippen molar-refractivity contribution >= 4 is 27.5 Å². The molecular weight excluding hydrogens is 212 g/mol. The zero-order valence-electron chi connectivity index (χ0n) is 8.61. The highest BCUT2D eigenvalue weighted by Gasteiger charge is 2.12. The van der Waals surface area contributed by atoms with E-state index in [0.717, 1.165) is 15.8 Å². The number of H-pyrrole nitrogens is 1. The lowest BCUT2D eigenvalue weighted by atomic mass is 10.2. The van der Waals surface area contributed by atoms with Crippen LogP contribution in [-0.4, -0.2) is 30.1 Å². The SMILES string of the molecule is CON(C)C(=O)Cc1c[nH]c2sccc12. The fourth-order valence-electron chi connectivity index (χ4n) is 1.43. The molecule has 0 aromatic carbocycles. The fraction of sp³-hybridized carbons (Fsp3) is 0.300. The molecule has 0 saturated heterocycles. The number of carbonyl (C=O) groups excluding carboxylic acids is 1. The standard InChI is InChI=1S/C10H12N2O2S/c1-12(14-2)9(13)5-7-6-11-10-8(7)3-4-15-10/h3-4,6,11H,5H2,1-2H3. The van der Waals surface area contributed by atoms with Crippen molar-refractivity contribution in [3.8, 4) is 0 Å². The highest BCUT2D eigenvalue weighted by Crippen LogP contribution is 2.23. The summed E-state index contributed by atoms with van der Waals surface area (Å²) < 4.78 is 0. The number of rotatable bonds is 3. The van der Waals surface area contributed by atoms with Gasteiger partial charge >= 0.3 is 0 Å². The number of fused-ring (bicyclic) bond motifs is 1. The van der Waals surface area contributed by atoms with Gasteiger partial charge in [0.15, 0.2) is 0 Å². The average molecular weight is 224 g/mol. The van der Waals surface area contributed by atoms with Crippen LogP contribution in [-0.2, 0) is 16.1 Å². The molecule has 0 saturated carbocycles. The lowest BCUT2D eigenvalue weighted by Crippen LogP contribution is -2.26. The van der Waals surface area contributed by atoms with Crippen LogP contribution < -0.4 is 0 Å². The van der Waals surface area contributed by atoms with E-state index in [2.05, 4.69) is 4.98 Å². The maximum absolute atomic E-state index is 11.6. The van der Waals surface area contributed by atoms with Crippen molar-refractivity contribution in [1.82, 2.24) is 10.0 Å². The Hall–Kier alpha value is -1.33. The van der Waals surface area contributed by atoms with Gasteiger partial charge in [0.25, 0.3) is 0 Å². The molecule has 2 rings (SSSR count). The van der Waals surface area contributed by atoms with Gasteiger partial charge < -0.3 is 4.98 Å². The van der Waals surface area contributed by atoms with Crippen molar-refractivity contribution in [1.29, 1.82) is 0 Å². The second-order valence-corrected chi connectivity index (χ2v) is 4.14. The maximum Gasteiger partial charge on any atom is 0.250 e. The summed E-state index contributed by atoms with van der Waals surface area (Å²) >= 11 is 1.64. The number of likely N-dealkylation sites (N-methyl/N-ethyl adjacent to an activating group) is 1. The van der Waals surface area contributed by atoms with Gasteiger partial charge in [0.2, 0.25) is 5.91 Å². The lowest BCUT2D eigenvalue weighted by molar-refractivity contribution is -0.167. The van der Waals surface area contributed by atoms with Crippen molar-refractivity contribution < 1.29 is 9.63 Å². The van der Waals surface area contributed by atoms with E-state index in [4.69, 9.17) is 4.84 Å². The molecule has 2 aromatic rings. The van der Waals surface area contributed by atoms with Crippen LogP contribution in [0.5, 0.6) is 0 Å². The zero-order chi connectivity index (χ0) is 10.8. The molecule has 5 heteroatoms. The van der Waals surface area contributed by atoms with E-state index in [-0.39, 0.29) is 5.91 Å². The number of thiophene rings is 1. The quantitative estimate of drug-likeness (QED) is 0.808. The second kappa shape index (κ2) is 4.04. The summed E-state index contributed by atoms with van der Waals surface area (Å²) in [6.45, 7) is 0. The third kappa shape index (κ3) is 1.88. The summed E-state index contributed by atoms with van der Waals surface area (Å²) in [6, 6.07) is 2.02. The first-order valence-electron chi connectivity index (χ1n) is 4.56. The van der Waals surface area contributed by atoms with Crippen molar-refractivity contribution in [2.24, 2.45) is 0 Å². The molecule has 1 amide bonds. The Balaban J connectivity index is 2.19. The minimum Gasteiger partial charge on any atom is -0.353 e. The molecule has 0 bridgehead atoms. The van der Waals surface area contributed by atoms with Crippen LogP contribution in [0.3, 0.4) is 0 Å². The number of nitrogens with zero attached hydrogens (tertiary/aromatic N) is 1. The third-order valence-electron chi connectivity index (χ3n) is 2.36. The second-order valence-electron chi connectivity index (χ2n) is 3.23. The first kappa shape index (κ1) is 10.2. The Morgan fingerprint density at radius 2 is 2.47 bits per heavy atom. The van der Waals surface area contributed by atoms with E-state index in [9.17, 15) is 4.79 Å². The minimum absolute atomic E-state index is 0.0513. The Morgan fingerprint density at radius 3 is 3.20 bits per heavy atom. The Kier molecular flexibility index (Phi) is 2.75. The number of hydrogen-bond acceptors (Lipinski definition) is 3. The summed E-state index contributed by atoms with van der Waals surface area (Å²) in [5.74, 6) is -0.0513. The van der Waals surface area contributed by atoms with Crippen molar-refractivity contribution in [3.05, 3.63) is 23.2 Å². The Morgan fingerprint density at radius 1 is 1.67 bits per heavy atom. The van der Waals surface area contributed by atoms with Crippen molar-refractivity contribution in [3.63, 3.8) is 0 Å². The number of hydroxylamine groups is 2. The first-order chi connectivity index (χ1) is 7.22. The predicted molar refractivity (Wildman–Crippen MR) is 59.7 cm³/mol. The maximum atomic E-state index is 11.6. The molecule has 0 unspecified atom stereocenters. The van der Waals surface area contributed by atoms with E-state index in [1.807, 2.05) is 17.6 Å². The number of carbonyl (C=O) groups is 1. The molecule has 0 radical (unpaired) electrons. The number of nitrogens with one attached hydrogen (secondary N) is 1. The van der Waals surface area contributed by atoms with Gasteiger partial charge in [-0.25, -0.2) is 5.06 Å². The highest BCUT2D eigenvalue weighted by atomic mass is 32.1. The molecule has 0 fully saturated rings. The van der Waals surface area contributed by atoms with Gasteiger partial charge in [-0.05, 0) is 17.0 Å². The van der Waals surface area contributed by atoms with Gasteiger partial charge in [-0.1, -0.05) is 0 Å². The molecule has 15 heavy (non-hydrogen) atoms.